The van der Waals surface area contributed by atoms with Crippen LogP contribution in [0.25, 0.3) is 0 Å². The van der Waals surface area contributed by atoms with E-state index in [0.717, 1.165) is 64.0 Å². The highest BCUT2D eigenvalue weighted by atomic mass is 33.1. The maximum Gasteiger partial charge on any atom is 0.276 e. The van der Waals surface area contributed by atoms with Crippen LogP contribution in [0.15, 0.2) is 36.5 Å². The lowest BCUT2D eigenvalue weighted by Crippen LogP contribution is -2.44. The highest BCUT2D eigenvalue weighted by molar-refractivity contribution is 8.77. The van der Waals surface area contributed by atoms with E-state index in [4.69, 9.17) is 4.74 Å². The zero-order valence-corrected chi connectivity index (χ0v) is 56.6. The molecule has 1 atom stereocenters. The standard InChI is InChI=1S/C23H35NO6S2.C17H26N2O7S3.C17H26N2O4S2/c1-18(25)10-13-23(2,3)32-31-17-5-7-20(27)12-16-30-15-11-19(26)6-4-14-24-21(28)8-9-22(24)29;1-12(20)6-8-17(2,3)28-27-11-7-13(29(24,25)26)16(23)18-9-10-19-14(21)4-5-15(19)22;1-13(20)8-9-17(2,3)25-24-12-4-5-14(21)18-10-11-19-15(22)6-7-16(19)23/h8-9H,4-7,10-17H2,1-3H3;4-5,13H,6-11H2,1-3H3,(H,18,23)(H,24,25,26);6-7H,4-5,8-12H2,1-3H3,(H,18,21). The van der Waals surface area contributed by atoms with E-state index < -0.39 is 33.1 Å². The number of imide groups is 3. The minimum Gasteiger partial charge on any atom is -0.381 e. The number of ketones is 5. The zero-order chi connectivity index (χ0) is 65.1. The quantitative estimate of drug-likeness (QED) is 0.0230. The number of amides is 8. The molecule has 0 aromatic carbocycles. The third-order valence-electron chi connectivity index (χ3n) is 12.4. The number of rotatable bonds is 44. The Hall–Kier alpha value is -4.10. The number of nitrogens with one attached hydrogen (secondary N) is 2. The molecule has 0 aromatic heterocycles. The molecule has 22 nitrogen and oxygen atoms in total. The summed E-state index contributed by atoms with van der Waals surface area (Å²) in [5, 5.41) is 3.43. The van der Waals surface area contributed by atoms with Crippen molar-refractivity contribution in [1.82, 2.24) is 25.3 Å². The molecule has 0 radical (unpaired) electrons. The van der Waals surface area contributed by atoms with E-state index in [9.17, 15) is 75.3 Å². The van der Waals surface area contributed by atoms with Gasteiger partial charge in [0.15, 0.2) is 5.25 Å². The van der Waals surface area contributed by atoms with Gasteiger partial charge >= 0.3 is 0 Å². The molecule has 86 heavy (non-hydrogen) atoms. The largest absolute Gasteiger partial charge is 0.381 e. The molecule has 29 heteroatoms. The van der Waals surface area contributed by atoms with Crippen LogP contribution in [0.1, 0.15) is 159 Å². The van der Waals surface area contributed by atoms with E-state index in [1.54, 1.807) is 57.0 Å². The topological polar surface area (TPSA) is 319 Å². The van der Waals surface area contributed by atoms with Gasteiger partial charge in [-0.05, 0) is 107 Å². The summed E-state index contributed by atoms with van der Waals surface area (Å²) in [6, 6.07) is 0. The Kier molecular flexibility index (Phi) is 39.0. The third-order valence-corrected chi connectivity index (χ3v) is 23.8. The molecule has 3 aliphatic rings. The van der Waals surface area contributed by atoms with Crippen molar-refractivity contribution in [3.63, 3.8) is 0 Å². The van der Waals surface area contributed by atoms with Crippen LogP contribution in [0.4, 0.5) is 0 Å². The Balaban J connectivity index is 0.000000650. The molecule has 0 fully saturated rings. The van der Waals surface area contributed by atoms with Gasteiger partial charge in [0.2, 0.25) is 11.8 Å². The van der Waals surface area contributed by atoms with Gasteiger partial charge in [0.1, 0.15) is 28.9 Å². The Morgan fingerprint density at radius 1 is 0.488 bits per heavy atom. The summed E-state index contributed by atoms with van der Waals surface area (Å²) >= 11 is 0. The average Bonchev–Trinajstić information content (AvgIpc) is 3.74. The first-order valence-corrected chi connectivity index (χ1v) is 36.7. The number of hydrogen-bond acceptors (Lipinski definition) is 22. The Labute approximate surface area is 530 Å². The SMILES string of the molecule is CC(=O)CCC(C)(C)SSCCC(C(=O)NCCN1C(=O)C=CC1=O)S(=O)(=O)O.CC(=O)CCC(C)(C)SSCCCC(=O)CCOCCC(=O)CCCN1C(=O)C=CC1=O.CC(=O)CCC(C)(C)SSCCCC(=O)NCCN1C(=O)C=CC1=O. The number of carbonyl (C=O) groups excluding carboxylic acids is 13. The second-order valence-electron chi connectivity index (χ2n) is 22.0. The van der Waals surface area contributed by atoms with Gasteiger partial charge < -0.3 is 29.8 Å². The van der Waals surface area contributed by atoms with Crippen molar-refractivity contribution < 1.29 is 80.0 Å². The van der Waals surface area contributed by atoms with E-state index in [2.05, 4.69) is 38.3 Å². The van der Waals surface area contributed by atoms with Crippen molar-refractivity contribution in [1.29, 1.82) is 0 Å². The Morgan fingerprint density at radius 3 is 1.20 bits per heavy atom. The van der Waals surface area contributed by atoms with Gasteiger partial charge in [-0.15, -0.1) is 0 Å². The monoisotopic (exact) mass is 1340 g/mol. The molecular weight excluding hydrogens is 1250 g/mol. The molecule has 3 N–H and O–H groups in total. The van der Waals surface area contributed by atoms with Gasteiger partial charge in [0.05, 0.1) is 13.2 Å². The van der Waals surface area contributed by atoms with Crippen LogP contribution in [-0.4, -0.2) is 187 Å². The molecule has 0 bridgehead atoms. The maximum absolute atomic E-state index is 12.2. The van der Waals surface area contributed by atoms with Crippen LogP contribution >= 0.6 is 64.8 Å². The van der Waals surface area contributed by atoms with Crippen LogP contribution in [0, 0.1) is 0 Å². The van der Waals surface area contributed by atoms with E-state index >= 15 is 0 Å². The van der Waals surface area contributed by atoms with Crippen molar-refractivity contribution in [2.75, 3.05) is 63.2 Å². The van der Waals surface area contributed by atoms with Gasteiger partial charge in [0.25, 0.3) is 45.6 Å². The molecule has 484 valence electrons. The summed E-state index contributed by atoms with van der Waals surface area (Å²) in [6.07, 6.45) is 14.9. The first-order valence-electron chi connectivity index (χ1n) is 28.3. The lowest BCUT2D eigenvalue weighted by Gasteiger charge is -2.23. The number of carbonyl (C=O) groups is 13. The lowest BCUT2D eigenvalue weighted by atomic mass is 10.1. The fourth-order valence-corrected chi connectivity index (χ4v) is 16.2. The smallest absolute Gasteiger partial charge is 0.276 e. The van der Waals surface area contributed by atoms with Gasteiger partial charge in [0, 0.05) is 152 Å². The number of ether oxygens (including phenoxy) is 1. The van der Waals surface area contributed by atoms with Crippen molar-refractivity contribution >= 4 is 151 Å². The van der Waals surface area contributed by atoms with Crippen molar-refractivity contribution in [2.24, 2.45) is 0 Å². The third kappa shape index (κ3) is 37.7. The van der Waals surface area contributed by atoms with Crippen molar-refractivity contribution in [3.05, 3.63) is 36.5 Å². The molecule has 0 saturated heterocycles. The second-order valence-corrected chi connectivity index (χ2v) is 33.0. The predicted molar refractivity (Wildman–Crippen MR) is 343 cm³/mol. The van der Waals surface area contributed by atoms with Crippen molar-refractivity contribution in [2.45, 2.75) is 178 Å². The molecule has 3 aliphatic heterocycles. The van der Waals surface area contributed by atoms with Crippen molar-refractivity contribution in [3.8, 4) is 0 Å². The minimum absolute atomic E-state index is 0.0177. The molecule has 1 unspecified atom stereocenters. The summed E-state index contributed by atoms with van der Waals surface area (Å²) in [5.74, 6) is -0.566. The molecule has 0 aliphatic carbocycles. The van der Waals surface area contributed by atoms with Crippen LogP contribution in [0.2, 0.25) is 0 Å². The van der Waals surface area contributed by atoms with E-state index in [1.165, 1.54) is 52.8 Å². The predicted octanol–water partition coefficient (Wildman–Crippen LogP) is 7.48. The Morgan fingerprint density at radius 2 is 0.826 bits per heavy atom. The van der Waals surface area contributed by atoms with Crippen LogP contribution in [0.3, 0.4) is 0 Å². The second kappa shape index (κ2) is 42.0. The minimum atomic E-state index is -4.61. The van der Waals surface area contributed by atoms with Gasteiger partial charge in [-0.25, -0.2) is 0 Å². The summed E-state index contributed by atoms with van der Waals surface area (Å²) in [7, 11) is 5.22. The average molecular weight is 1340 g/mol. The summed E-state index contributed by atoms with van der Waals surface area (Å²) < 4.78 is 37.8. The zero-order valence-electron chi connectivity index (χ0n) is 50.9. The van der Waals surface area contributed by atoms with Crippen LogP contribution in [0.5, 0.6) is 0 Å². The van der Waals surface area contributed by atoms with Crippen LogP contribution in [-0.2, 0) is 77.2 Å². The molecule has 0 spiro atoms. The van der Waals surface area contributed by atoms with Gasteiger partial charge in [-0.2, -0.15) is 8.42 Å². The van der Waals surface area contributed by atoms with E-state index in [1.807, 2.05) is 13.8 Å². The number of Topliss-reactive ketones (excluding diaryl/α,β-unsaturated/α-hetero) is 5. The molecule has 3 rings (SSSR count). The van der Waals surface area contributed by atoms with Gasteiger partial charge in [-0.3, -0.25) is 67.2 Å². The highest BCUT2D eigenvalue weighted by Crippen LogP contribution is 2.41. The van der Waals surface area contributed by atoms with E-state index in [0.29, 0.717) is 70.1 Å². The Bertz CT molecular complexity index is 2520. The summed E-state index contributed by atoms with van der Waals surface area (Å²) in [6.45, 7) is 18.3. The first-order chi connectivity index (χ1) is 40.1. The van der Waals surface area contributed by atoms with Crippen LogP contribution < -0.4 is 10.6 Å². The molecule has 0 aromatic rings. The first kappa shape index (κ1) is 79.9. The molecule has 0 saturated carbocycles. The molecule has 8 amide bonds. The van der Waals surface area contributed by atoms with Gasteiger partial charge in [-0.1, -0.05) is 64.8 Å². The lowest BCUT2D eigenvalue weighted by molar-refractivity contribution is -0.138. The number of nitrogens with zero attached hydrogens (tertiary/aromatic N) is 3. The maximum atomic E-state index is 12.2. The van der Waals surface area contributed by atoms with E-state index in [-0.39, 0.29) is 125 Å². The summed E-state index contributed by atoms with van der Waals surface area (Å²) in [4.78, 5) is 153. The fourth-order valence-electron chi connectivity index (χ4n) is 7.26. The molecule has 3 heterocycles. The fraction of sp³-hybridized carbons (Fsp3) is 0.667. The normalized spacial score (nSPS) is 14.6. The highest BCUT2D eigenvalue weighted by Gasteiger charge is 2.32. The summed E-state index contributed by atoms with van der Waals surface area (Å²) in [5.41, 5.74) is 0. The molecular formula is C57H87N5O17S7. The number of hydrogen-bond donors (Lipinski definition) is 3.